The van der Waals surface area contributed by atoms with Crippen LogP contribution in [0.3, 0.4) is 0 Å². The van der Waals surface area contributed by atoms with Crippen molar-refractivity contribution in [3.63, 3.8) is 0 Å². The van der Waals surface area contributed by atoms with Gasteiger partial charge in [0.1, 0.15) is 0 Å². The SMILES string of the molecule is CN1CCc2ccc(N3CCCC3)cc2C1CN. The van der Waals surface area contributed by atoms with Crippen LogP contribution in [0.4, 0.5) is 5.69 Å². The maximum absolute atomic E-state index is 5.96. The third-order valence-electron chi connectivity index (χ3n) is 4.45. The minimum absolute atomic E-state index is 0.399. The van der Waals surface area contributed by atoms with Crippen molar-refractivity contribution < 1.29 is 0 Å². The van der Waals surface area contributed by atoms with Crippen LogP contribution in [0.5, 0.6) is 0 Å². The predicted molar refractivity (Wildman–Crippen MR) is 76.0 cm³/mol. The molecular weight excluding hydrogens is 222 g/mol. The number of anilines is 1. The molecule has 1 atom stereocenters. The minimum atomic E-state index is 0.399. The molecule has 1 aromatic rings. The molecule has 2 aliphatic rings. The summed E-state index contributed by atoms with van der Waals surface area (Å²) in [6.45, 7) is 4.26. The molecule has 2 aliphatic heterocycles. The van der Waals surface area contributed by atoms with Crippen molar-refractivity contribution in [3.8, 4) is 0 Å². The summed E-state index contributed by atoms with van der Waals surface area (Å²) in [5.41, 5.74) is 10.3. The smallest absolute Gasteiger partial charge is 0.0471 e. The zero-order valence-corrected chi connectivity index (χ0v) is 11.2. The zero-order chi connectivity index (χ0) is 12.5. The lowest BCUT2D eigenvalue weighted by Gasteiger charge is -2.34. The molecule has 0 amide bonds. The van der Waals surface area contributed by atoms with Crippen LogP contribution in [-0.2, 0) is 6.42 Å². The van der Waals surface area contributed by atoms with Crippen LogP contribution in [0, 0.1) is 0 Å². The second kappa shape index (κ2) is 4.90. The molecule has 0 spiro atoms. The molecule has 1 aromatic carbocycles. The van der Waals surface area contributed by atoms with Gasteiger partial charge in [-0.05, 0) is 49.6 Å². The molecule has 0 bridgehead atoms. The lowest BCUT2D eigenvalue weighted by atomic mass is 9.92. The van der Waals surface area contributed by atoms with Gasteiger partial charge in [0.25, 0.3) is 0 Å². The topological polar surface area (TPSA) is 32.5 Å². The fourth-order valence-corrected chi connectivity index (χ4v) is 3.29. The fraction of sp³-hybridized carbons (Fsp3) is 0.600. The fourth-order valence-electron chi connectivity index (χ4n) is 3.29. The van der Waals surface area contributed by atoms with Crippen molar-refractivity contribution in [3.05, 3.63) is 29.3 Å². The van der Waals surface area contributed by atoms with Gasteiger partial charge >= 0.3 is 0 Å². The van der Waals surface area contributed by atoms with Crippen molar-refractivity contribution in [1.29, 1.82) is 0 Å². The van der Waals surface area contributed by atoms with E-state index >= 15 is 0 Å². The van der Waals surface area contributed by atoms with Crippen molar-refractivity contribution in [2.75, 3.05) is 38.1 Å². The lowest BCUT2D eigenvalue weighted by molar-refractivity contribution is 0.236. The number of hydrogen-bond acceptors (Lipinski definition) is 3. The Hall–Kier alpha value is -1.06. The number of likely N-dealkylation sites (N-methyl/N-ethyl adjacent to an activating group) is 1. The molecule has 3 rings (SSSR count). The molecule has 1 saturated heterocycles. The Morgan fingerprint density at radius 2 is 2.00 bits per heavy atom. The average Bonchev–Trinajstić information content (AvgIpc) is 2.92. The Kier molecular flexibility index (Phi) is 3.27. The monoisotopic (exact) mass is 245 g/mol. The molecule has 18 heavy (non-hydrogen) atoms. The van der Waals surface area contributed by atoms with Gasteiger partial charge in [0.15, 0.2) is 0 Å². The second-order valence-electron chi connectivity index (χ2n) is 5.56. The first-order chi connectivity index (χ1) is 8.79. The molecule has 0 aliphatic carbocycles. The summed E-state index contributed by atoms with van der Waals surface area (Å²) < 4.78 is 0. The average molecular weight is 245 g/mol. The summed E-state index contributed by atoms with van der Waals surface area (Å²) in [5, 5.41) is 0. The molecule has 2 heterocycles. The molecule has 3 heteroatoms. The summed E-state index contributed by atoms with van der Waals surface area (Å²) in [6.07, 6.45) is 3.82. The Balaban J connectivity index is 1.94. The van der Waals surface area contributed by atoms with Crippen molar-refractivity contribution in [2.45, 2.75) is 25.3 Å². The maximum Gasteiger partial charge on any atom is 0.0471 e. The standard InChI is InChI=1S/C15H23N3/c1-17-9-6-12-4-5-13(18-7-2-3-8-18)10-14(12)15(17)11-16/h4-5,10,15H,2-3,6-9,11,16H2,1H3. The van der Waals surface area contributed by atoms with Gasteiger partial charge in [-0.3, -0.25) is 4.90 Å². The zero-order valence-electron chi connectivity index (χ0n) is 11.2. The normalized spacial score (nSPS) is 24.3. The number of fused-ring (bicyclic) bond motifs is 1. The van der Waals surface area contributed by atoms with Gasteiger partial charge < -0.3 is 10.6 Å². The molecule has 1 fully saturated rings. The Labute approximate surface area is 110 Å². The molecule has 0 aromatic heterocycles. The van der Waals surface area contributed by atoms with E-state index in [0.717, 1.165) is 13.0 Å². The lowest BCUT2D eigenvalue weighted by Crippen LogP contribution is -2.36. The van der Waals surface area contributed by atoms with E-state index in [1.807, 2.05) is 0 Å². The third kappa shape index (κ3) is 2.02. The molecular formula is C15H23N3. The third-order valence-corrected chi connectivity index (χ3v) is 4.45. The van der Waals surface area contributed by atoms with Crippen LogP contribution in [0.2, 0.25) is 0 Å². The summed E-state index contributed by atoms with van der Waals surface area (Å²) in [5.74, 6) is 0. The van der Waals surface area contributed by atoms with Crippen molar-refractivity contribution in [1.82, 2.24) is 4.90 Å². The molecule has 98 valence electrons. The van der Waals surface area contributed by atoms with Crippen LogP contribution < -0.4 is 10.6 Å². The number of rotatable bonds is 2. The van der Waals surface area contributed by atoms with Gasteiger partial charge in [-0.25, -0.2) is 0 Å². The first-order valence-electron chi connectivity index (χ1n) is 7.07. The van der Waals surface area contributed by atoms with E-state index in [1.54, 1.807) is 0 Å². The van der Waals surface area contributed by atoms with E-state index in [-0.39, 0.29) is 0 Å². The van der Waals surface area contributed by atoms with E-state index in [0.29, 0.717) is 12.6 Å². The second-order valence-corrected chi connectivity index (χ2v) is 5.56. The van der Waals surface area contributed by atoms with Crippen LogP contribution in [0.15, 0.2) is 18.2 Å². The van der Waals surface area contributed by atoms with E-state index in [2.05, 4.69) is 35.0 Å². The first kappa shape index (κ1) is 12.0. The van der Waals surface area contributed by atoms with Gasteiger partial charge in [-0.2, -0.15) is 0 Å². The van der Waals surface area contributed by atoms with Crippen LogP contribution in [0.25, 0.3) is 0 Å². The predicted octanol–water partition coefficient (Wildman–Crippen LogP) is 1.77. The largest absolute Gasteiger partial charge is 0.372 e. The van der Waals surface area contributed by atoms with Crippen molar-refractivity contribution >= 4 is 5.69 Å². The van der Waals surface area contributed by atoms with Crippen LogP contribution in [0.1, 0.15) is 30.0 Å². The molecule has 2 N–H and O–H groups in total. The highest BCUT2D eigenvalue weighted by Crippen LogP contribution is 2.32. The first-order valence-corrected chi connectivity index (χ1v) is 7.07. The van der Waals surface area contributed by atoms with Gasteiger partial charge in [-0.15, -0.1) is 0 Å². The van der Waals surface area contributed by atoms with E-state index < -0.39 is 0 Å². The Bertz CT molecular complexity index is 424. The van der Waals surface area contributed by atoms with Crippen LogP contribution in [-0.4, -0.2) is 38.1 Å². The van der Waals surface area contributed by atoms with Crippen molar-refractivity contribution in [2.24, 2.45) is 5.73 Å². The maximum atomic E-state index is 5.96. The quantitative estimate of drug-likeness (QED) is 0.862. The van der Waals surface area contributed by atoms with E-state index in [4.69, 9.17) is 5.73 Å². The van der Waals surface area contributed by atoms with Gasteiger partial charge in [-0.1, -0.05) is 6.07 Å². The van der Waals surface area contributed by atoms with Gasteiger partial charge in [0.05, 0.1) is 0 Å². The summed E-state index contributed by atoms with van der Waals surface area (Å²) in [4.78, 5) is 4.89. The Morgan fingerprint density at radius 1 is 1.22 bits per heavy atom. The number of benzene rings is 1. The summed E-state index contributed by atoms with van der Waals surface area (Å²) in [6, 6.07) is 7.39. The van der Waals surface area contributed by atoms with E-state index in [1.165, 1.54) is 42.7 Å². The van der Waals surface area contributed by atoms with Gasteiger partial charge in [0.2, 0.25) is 0 Å². The minimum Gasteiger partial charge on any atom is -0.372 e. The molecule has 1 unspecified atom stereocenters. The number of nitrogens with zero attached hydrogens (tertiary/aromatic N) is 2. The molecule has 0 radical (unpaired) electrons. The van der Waals surface area contributed by atoms with E-state index in [9.17, 15) is 0 Å². The highest BCUT2D eigenvalue weighted by Gasteiger charge is 2.24. The summed E-state index contributed by atoms with van der Waals surface area (Å²) >= 11 is 0. The highest BCUT2D eigenvalue weighted by molar-refractivity contribution is 5.53. The molecule has 3 nitrogen and oxygen atoms in total. The number of hydrogen-bond donors (Lipinski definition) is 1. The summed E-state index contributed by atoms with van der Waals surface area (Å²) in [7, 11) is 2.18. The number of nitrogens with two attached hydrogens (primary N) is 1. The highest BCUT2D eigenvalue weighted by atomic mass is 15.2. The van der Waals surface area contributed by atoms with Crippen LogP contribution >= 0.6 is 0 Å². The Morgan fingerprint density at radius 3 is 2.72 bits per heavy atom. The van der Waals surface area contributed by atoms with Gasteiger partial charge in [0, 0.05) is 37.9 Å². The molecule has 0 saturated carbocycles.